The lowest BCUT2D eigenvalue weighted by Crippen LogP contribution is -2.30. The zero-order valence-electron chi connectivity index (χ0n) is 13.7. The third-order valence-corrected chi connectivity index (χ3v) is 3.72. The molecule has 0 saturated carbocycles. The summed E-state index contributed by atoms with van der Waals surface area (Å²) in [6.45, 7) is 3.28. The summed E-state index contributed by atoms with van der Waals surface area (Å²) in [4.78, 5) is 18.3. The van der Waals surface area contributed by atoms with Crippen LogP contribution in [0.3, 0.4) is 0 Å². The van der Waals surface area contributed by atoms with Crippen molar-refractivity contribution >= 4 is 17.8 Å². The molecule has 5 heteroatoms. The molecule has 0 unspecified atom stereocenters. The monoisotopic (exact) mass is 313 g/mol. The molecule has 0 saturated heterocycles. The van der Waals surface area contributed by atoms with Gasteiger partial charge in [0.2, 0.25) is 5.91 Å². The molecule has 5 nitrogen and oxygen atoms in total. The highest BCUT2D eigenvalue weighted by molar-refractivity contribution is 6.37. The van der Waals surface area contributed by atoms with E-state index in [0.29, 0.717) is 31.6 Å². The Balaban J connectivity index is 2.16. The van der Waals surface area contributed by atoms with Crippen LogP contribution in [0.2, 0.25) is 0 Å². The fourth-order valence-electron chi connectivity index (χ4n) is 2.44. The van der Waals surface area contributed by atoms with Crippen LogP contribution in [-0.4, -0.2) is 36.4 Å². The zero-order chi connectivity index (χ0) is 16.7. The third-order valence-electron chi connectivity index (χ3n) is 3.72. The molecule has 0 spiro atoms. The van der Waals surface area contributed by atoms with E-state index in [1.165, 1.54) is 6.21 Å². The van der Waals surface area contributed by atoms with E-state index in [4.69, 9.17) is 10.1 Å². The van der Waals surface area contributed by atoms with Crippen LogP contribution in [0.4, 0.5) is 0 Å². The maximum atomic E-state index is 12.2. The highest BCUT2D eigenvalue weighted by atomic mass is 16.5. The van der Waals surface area contributed by atoms with E-state index in [0.717, 1.165) is 23.3 Å². The van der Waals surface area contributed by atoms with Crippen molar-refractivity contribution in [2.75, 3.05) is 13.7 Å². The number of nitrogens with zero attached hydrogens (tertiary/aromatic N) is 2. The van der Waals surface area contributed by atoms with Gasteiger partial charge in [0.1, 0.15) is 5.75 Å². The minimum Gasteiger partial charge on any atom is -0.497 e. The summed E-state index contributed by atoms with van der Waals surface area (Å²) in [6.07, 6.45) is 5.18. The number of nitrogens with one attached hydrogen (secondary N) is 1. The maximum Gasteiger partial charge on any atom is 0.227 e. The molecule has 0 atom stereocenters. The number of benzene rings is 1. The largest absolute Gasteiger partial charge is 0.497 e. The molecule has 0 fully saturated rings. The molecular formula is C18H23N3O2. The molecule has 122 valence electrons. The quantitative estimate of drug-likeness (QED) is 0.786. The lowest BCUT2D eigenvalue weighted by molar-refractivity contribution is -0.129. The first-order valence-corrected chi connectivity index (χ1v) is 7.86. The van der Waals surface area contributed by atoms with E-state index >= 15 is 0 Å². The van der Waals surface area contributed by atoms with Gasteiger partial charge in [-0.15, -0.1) is 0 Å². The lowest BCUT2D eigenvalue weighted by Gasteiger charge is -2.25. The second-order valence-electron chi connectivity index (χ2n) is 5.44. The molecular weight excluding hydrogens is 290 g/mol. The van der Waals surface area contributed by atoms with E-state index in [9.17, 15) is 4.79 Å². The number of carbonyl (C=O) groups excluding carboxylic acids is 1. The minimum atomic E-state index is 0.101. The predicted octanol–water partition coefficient (Wildman–Crippen LogP) is 3.20. The highest BCUT2D eigenvalue weighted by Crippen LogP contribution is 2.20. The van der Waals surface area contributed by atoms with Crippen LogP contribution in [0, 0.1) is 5.41 Å². The number of carbonyl (C=O) groups is 1. The van der Waals surface area contributed by atoms with Gasteiger partial charge in [0.25, 0.3) is 0 Å². The Bertz CT molecular complexity index is 618. The van der Waals surface area contributed by atoms with Crippen molar-refractivity contribution in [3.05, 3.63) is 41.6 Å². The third kappa shape index (κ3) is 4.52. The van der Waals surface area contributed by atoms with Crippen molar-refractivity contribution in [2.45, 2.75) is 32.7 Å². The molecule has 2 rings (SSSR count). The van der Waals surface area contributed by atoms with Gasteiger partial charge in [-0.2, -0.15) is 0 Å². The molecule has 0 aliphatic carbocycles. The number of rotatable bonds is 7. The van der Waals surface area contributed by atoms with E-state index in [1.807, 2.05) is 30.5 Å². The van der Waals surface area contributed by atoms with Crippen molar-refractivity contribution in [1.29, 1.82) is 5.41 Å². The summed E-state index contributed by atoms with van der Waals surface area (Å²) in [6, 6.07) is 7.69. The fourth-order valence-corrected chi connectivity index (χ4v) is 2.44. The SMILES string of the molecule is CCCN=C(C=N)C1=CN(Cc2ccc(OC)cc2)C(=O)CC1. The molecule has 23 heavy (non-hydrogen) atoms. The first-order valence-electron chi connectivity index (χ1n) is 7.86. The first-order chi connectivity index (χ1) is 11.2. The number of ether oxygens (including phenoxy) is 1. The van der Waals surface area contributed by atoms with E-state index in [2.05, 4.69) is 11.9 Å². The molecule has 0 aromatic heterocycles. The Hall–Kier alpha value is -2.43. The van der Waals surface area contributed by atoms with E-state index in [1.54, 1.807) is 12.0 Å². The summed E-state index contributed by atoms with van der Waals surface area (Å²) in [5, 5.41) is 7.54. The molecule has 0 bridgehead atoms. The van der Waals surface area contributed by atoms with Crippen molar-refractivity contribution < 1.29 is 9.53 Å². The van der Waals surface area contributed by atoms with Crippen molar-refractivity contribution in [3.8, 4) is 5.75 Å². The van der Waals surface area contributed by atoms with Crippen molar-refractivity contribution in [2.24, 2.45) is 4.99 Å². The standard InChI is InChI=1S/C18H23N3O2/c1-3-10-20-17(11-19)15-6-9-18(22)21(13-15)12-14-4-7-16(23-2)8-5-14/h4-5,7-8,11,13,19H,3,6,9-10,12H2,1-2H3. The number of amides is 1. The summed E-state index contributed by atoms with van der Waals surface area (Å²) in [5.74, 6) is 0.900. The van der Waals surface area contributed by atoms with Gasteiger partial charge in [0, 0.05) is 25.4 Å². The molecule has 1 heterocycles. The Morgan fingerprint density at radius 2 is 2.09 bits per heavy atom. The molecule has 1 amide bonds. The molecule has 1 aliphatic heterocycles. The average Bonchev–Trinajstić information content (AvgIpc) is 2.59. The Labute approximate surface area is 137 Å². The van der Waals surface area contributed by atoms with Gasteiger partial charge in [0.15, 0.2) is 0 Å². The summed E-state index contributed by atoms with van der Waals surface area (Å²) < 4.78 is 5.15. The van der Waals surface area contributed by atoms with E-state index in [-0.39, 0.29) is 5.91 Å². The van der Waals surface area contributed by atoms with Crippen LogP contribution in [-0.2, 0) is 11.3 Å². The number of methoxy groups -OCH3 is 1. The fraction of sp³-hybridized carbons (Fsp3) is 0.389. The number of hydrogen-bond donors (Lipinski definition) is 1. The normalized spacial score (nSPS) is 15.4. The van der Waals surface area contributed by atoms with Crippen molar-refractivity contribution in [3.63, 3.8) is 0 Å². The number of allylic oxidation sites excluding steroid dienone is 1. The van der Waals surface area contributed by atoms with Gasteiger partial charge in [-0.3, -0.25) is 9.79 Å². The van der Waals surface area contributed by atoms with Gasteiger partial charge < -0.3 is 15.0 Å². The summed E-state index contributed by atoms with van der Waals surface area (Å²) >= 11 is 0. The summed E-state index contributed by atoms with van der Waals surface area (Å²) in [5.41, 5.74) is 2.68. The molecule has 1 N–H and O–H groups in total. The highest BCUT2D eigenvalue weighted by Gasteiger charge is 2.20. The maximum absolute atomic E-state index is 12.2. The molecule has 1 aromatic rings. The average molecular weight is 313 g/mol. The number of hydrogen-bond acceptors (Lipinski definition) is 4. The number of aliphatic imine (C=N–C) groups is 1. The Morgan fingerprint density at radius 3 is 2.70 bits per heavy atom. The zero-order valence-corrected chi connectivity index (χ0v) is 13.7. The van der Waals surface area contributed by atoms with Gasteiger partial charge in [-0.05, 0) is 36.1 Å². The van der Waals surface area contributed by atoms with Gasteiger partial charge in [0.05, 0.1) is 19.4 Å². The van der Waals surface area contributed by atoms with E-state index < -0.39 is 0 Å². The summed E-state index contributed by atoms with van der Waals surface area (Å²) in [7, 11) is 1.63. The molecule has 1 aliphatic rings. The van der Waals surface area contributed by atoms with Crippen LogP contribution in [0.5, 0.6) is 5.75 Å². The Morgan fingerprint density at radius 1 is 1.35 bits per heavy atom. The smallest absolute Gasteiger partial charge is 0.227 e. The van der Waals surface area contributed by atoms with Crippen LogP contribution in [0.15, 0.2) is 41.0 Å². The minimum absolute atomic E-state index is 0.101. The molecule has 1 aromatic carbocycles. The molecule has 0 radical (unpaired) electrons. The van der Waals surface area contributed by atoms with Crippen LogP contribution >= 0.6 is 0 Å². The first kappa shape index (κ1) is 16.9. The second-order valence-corrected chi connectivity index (χ2v) is 5.44. The van der Waals surface area contributed by atoms with Crippen LogP contribution < -0.4 is 4.74 Å². The Kier molecular flexibility index (Phi) is 6.09. The second kappa shape index (κ2) is 8.27. The van der Waals surface area contributed by atoms with Crippen LogP contribution in [0.1, 0.15) is 31.7 Å². The predicted molar refractivity (Wildman–Crippen MR) is 92.2 cm³/mol. The van der Waals surface area contributed by atoms with Gasteiger partial charge in [-0.1, -0.05) is 19.1 Å². The lowest BCUT2D eigenvalue weighted by atomic mass is 10.0. The van der Waals surface area contributed by atoms with Gasteiger partial charge in [-0.25, -0.2) is 0 Å². The van der Waals surface area contributed by atoms with Crippen molar-refractivity contribution in [1.82, 2.24) is 4.90 Å². The van der Waals surface area contributed by atoms with Gasteiger partial charge >= 0.3 is 0 Å². The van der Waals surface area contributed by atoms with Crippen LogP contribution in [0.25, 0.3) is 0 Å². The topological polar surface area (TPSA) is 65.8 Å².